The molecule has 0 unspecified atom stereocenters. The Balaban J connectivity index is 1.78. The number of carbonyl (C=O) groups excluding carboxylic acids is 1. The van der Waals surface area contributed by atoms with Crippen molar-refractivity contribution < 1.29 is 23.1 Å². The van der Waals surface area contributed by atoms with Crippen molar-refractivity contribution in [2.24, 2.45) is 17.8 Å². The second-order valence-electron chi connectivity index (χ2n) is 6.08. The smallest absolute Gasteiger partial charge is 0.308 e. The second kappa shape index (κ2) is 5.34. The maximum Gasteiger partial charge on any atom is 0.308 e. The second-order valence-corrected chi connectivity index (χ2v) is 9.24. The molecule has 2 fully saturated rings. The number of aliphatic carboxylic acids is 1. The maximum atomic E-state index is 12.5. The molecule has 3 rings (SSSR count). The van der Waals surface area contributed by atoms with E-state index in [2.05, 4.69) is 0 Å². The number of carboxylic acid groups (broad SMARTS) is 1. The van der Waals surface area contributed by atoms with Crippen molar-refractivity contribution >= 4 is 33.1 Å². The summed E-state index contributed by atoms with van der Waals surface area (Å²) in [6.07, 6.45) is 3.17. The van der Waals surface area contributed by atoms with E-state index in [1.165, 1.54) is 11.4 Å². The van der Waals surface area contributed by atoms with Crippen LogP contribution >= 0.6 is 11.3 Å². The lowest BCUT2D eigenvalue weighted by Gasteiger charge is -2.15. The number of amides is 1. The predicted octanol–water partition coefficient (Wildman–Crippen LogP) is 1.33. The average molecular weight is 343 g/mol. The first-order chi connectivity index (χ1) is 10.3. The number of hydrogen-bond acceptors (Lipinski definition) is 5. The van der Waals surface area contributed by atoms with Gasteiger partial charge in [0.2, 0.25) is 0 Å². The number of rotatable bonds is 4. The Morgan fingerprint density at radius 2 is 2.00 bits per heavy atom. The minimum Gasteiger partial charge on any atom is -0.481 e. The molecule has 2 heterocycles. The molecule has 6 nitrogen and oxygen atoms in total. The Labute approximate surface area is 132 Å². The van der Waals surface area contributed by atoms with Gasteiger partial charge in [-0.1, -0.05) is 0 Å². The van der Waals surface area contributed by atoms with Gasteiger partial charge in [0, 0.05) is 24.7 Å². The third kappa shape index (κ3) is 2.89. The molecule has 1 aliphatic heterocycles. The van der Waals surface area contributed by atoms with E-state index in [1.807, 2.05) is 0 Å². The minimum atomic E-state index is -3.32. The zero-order valence-corrected chi connectivity index (χ0v) is 13.7. The summed E-state index contributed by atoms with van der Waals surface area (Å²) in [6, 6.07) is 1.38. The van der Waals surface area contributed by atoms with E-state index in [0.29, 0.717) is 18.0 Å². The van der Waals surface area contributed by atoms with E-state index in [0.717, 1.165) is 30.4 Å². The highest BCUT2D eigenvalue weighted by atomic mass is 32.2. The molecule has 22 heavy (non-hydrogen) atoms. The minimum absolute atomic E-state index is 0.0227. The van der Waals surface area contributed by atoms with Gasteiger partial charge in [-0.3, -0.25) is 9.59 Å². The molecule has 1 aromatic rings. The first-order valence-electron chi connectivity index (χ1n) is 7.08. The summed E-state index contributed by atoms with van der Waals surface area (Å²) < 4.78 is 23.1. The molecule has 120 valence electrons. The third-order valence-corrected chi connectivity index (χ3v) is 7.15. The van der Waals surface area contributed by atoms with Crippen molar-refractivity contribution in [3.8, 4) is 0 Å². The number of nitrogens with zero attached hydrogens (tertiary/aromatic N) is 1. The highest BCUT2D eigenvalue weighted by Gasteiger charge is 2.47. The van der Waals surface area contributed by atoms with Crippen molar-refractivity contribution in [3.63, 3.8) is 0 Å². The highest BCUT2D eigenvalue weighted by molar-refractivity contribution is 7.92. The van der Waals surface area contributed by atoms with Crippen LogP contribution in [0.1, 0.15) is 23.2 Å². The normalized spacial score (nSPS) is 25.4. The Morgan fingerprint density at radius 3 is 2.50 bits per heavy atom. The molecule has 1 amide bonds. The Morgan fingerprint density at radius 1 is 1.32 bits per heavy atom. The first kappa shape index (κ1) is 15.5. The van der Waals surface area contributed by atoms with Gasteiger partial charge in [0.25, 0.3) is 5.91 Å². The number of thiophene rings is 1. The highest BCUT2D eigenvalue weighted by Crippen LogP contribution is 2.44. The molecule has 0 radical (unpaired) electrons. The van der Waals surface area contributed by atoms with Gasteiger partial charge in [-0.15, -0.1) is 11.3 Å². The number of sulfone groups is 1. The molecular formula is C14H17NO5S2. The summed E-state index contributed by atoms with van der Waals surface area (Å²) in [4.78, 5) is 25.4. The van der Waals surface area contributed by atoms with Crippen molar-refractivity contribution in [2.75, 3.05) is 19.3 Å². The van der Waals surface area contributed by atoms with E-state index in [-0.39, 0.29) is 22.6 Å². The van der Waals surface area contributed by atoms with Crippen LogP contribution in [0, 0.1) is 17.8 Å². The fourth-order valence-corrected chi connectivity index (χ4v) is 4.86. The summed E-state index contributed by atoms with van der Waals surface area (Å²) in [5, 5.41) is 10.9. The van der Waals surface area contributed by atoms with Crippen molar-refractivity contribution in [1.82, 2.24) is 4.90 Å². The largest absolute Gasteiger partial charge is 0.481 e. The summed E-state index contributed by atoms with van der Waals surface area (Å²) in [5.74, 6) is -1.21. The van der Waals surface area contributed by atoms with Crippen LogP contribution in [0.3, 0.4) is 0 Å². The van der Waals surface area contributed by atoms with Crippen molar-refractivity contribution in [3.05, 3.63) is 17.0 Å². The maximum absolute atomic E-state index is 12.5. The summed E-state index contributed by atoms with van der Waals surface area (Å²) >= 11 is 1.02. The number of likely N-dealkylation sites (tertiary alicyclic amines) is 1. The van der Waals surface area contributed by atoms with Crippen molar-refractivity contribution in [1.29, 1.82) is 0 Å². The summed E-state index contributed by atoms with van der Waals surface area (Å²) in [5.41, 5.74) is 0.325. The lowest BCUT2D eigenvalue weighted by Crippen LogP contribution is -2.29. The number of carbonyl (C=O) groups is 2. The molecule has 1 aliphatic carbocycles. The van der Waals surface area contributed by atoms with Gasteiger partial charge >= 0.3 is 5.97 Å². The molecule has 2 aliphatic rings. The monoisotopic (exact) mass is 343 g/mol. The molecule has 2 atom stereocenters. The molecule has 0 spiro atoms. The van der Waals surface area contributed by atoms with E-state index in [1.54, 1.807) is 4.90 Å². The van der Waals surface area contributed by atoms with Gasteiger partial charge < -0.3 is 10.0 Å². The van der Waals surface area contributed by atoms with E-state index in [9.17, 15) is 23.1 Å². The first-order valence-corrected chi connectivity index (χ1v) is 9.85. The predicted molar refractivity (Wildman–Crippen MR) is 80.7 cm³/mol. The van der Waals surface area contributed by atoms with Gasteiger partial charge in [0.15, 0.2) is 9.84 Å². The lowest BCUT2D eigenvalue weighted by molar-refractivity contribution is -0.142. The number of carboxylic acids is 1. The topological polar surface area (TPSA) is 91.8 Å². The van der Waals surface area contributed by atoms with Gasteiger partial charge in [-0.05, 0) is 30.7 Å². The van der Waals surface area contributed by atoms with Crippen LogP contribution in [0.15, 0.2) is 15.7 Å². The van der Waals surface area contributed by atoms with Crippen LogP contribution in [-0.4, -0.2) is 49.6 Å². The Bertz CT molecular complexity index is 719. The van der Waals surface area contributed by atoms with Crippen LogP contribution < -0.4 is 0 Å². The fourth-order valence-electron chi connectivity index (χ4n) is 3.06. The van der Waals surface area contributed by atoms with Gasteiger partial charge in [-0.2, -0.15) is 0 Å². The number of hydrogen-bond donors (Lipinski definition) is 1. The van der Waals surface area contributed by atoms with Crippen LogP contribution in [0.4, 0.5) is 0 Å². The van der Waals surface area contributed by atoms with E-state index < -0.39 is 21.7 Å². The summed E-state index contributed by atoms with van der Waals surface area (Å²) in [6.45, 7) is 0.657. The molecule has 8 heteroatoms. The van der Waals surface area contributed by atoms with Gasteiger partial charge in [-0.25, -0.2) is 8.42 Å². The zero-order valence-electron chi connectivity index (χ0n) is 12.1. The average Bonchev–Trinajstić information content (AvgIpc) is 3.00. The lowest BCUT2D eigenvalue weighted by atomic mass is 9.92. The molecule has 0 aromatic carbocycles. The van der Waals surface area contributed by atoms with Gasteiger partial charge in [0.05, 0.1) is 11.5 Å². The standard InChI is InChI=1S/C14H17NO5S2/c1-22(19,20)12-4-9(7-21-12)13(16)15-5-10(8-2-3-8)11(6-15)14(17)18/h4,7-8,10-11H,2-3,5-6H2,1H3,(H,17,18)/t10-,11+/m1/s1. The van der Waals surface area contributed by atoms with Crippen LogP contribution in [-0.2, 0) is 14.6 Å². The quantitative estimate of drug-likeness (QED) is 0.890. The molecular weight excluding hydrogens is 326 g/mol. The van der Waals surface area contributed by atoms with Crippen LogP contribution in [0.2, 0.25) is 0 Å². The Hall–Kier alpha value is -1.41. The zero-order chi connectivity index (χ0) is 16.1. The third-order valence-electron chi connectivity index (χ3n) is 4.38. The van der Waals surface area contributed by atoms with Crippen molar-refractivity contribution in [2.45, 2.75) is 17.1 Å². The molecule has 1 saturated heterocycles. The van der Waals surface area contributed by atoms with E-state index in [4.69, 9.17) is 0 Å². The molecule has 0 bridgehead atoms. The SMILES string of the molecule is CS(=O)(=O)c1cc(C(=O)N2C[C@H](C(=O)O)[C@@H](C3CC3)C2)cs1. The van der Waals surface area contributed by atoms with Gasteiger partial charge in [0.1, 0.15) is 4.21 Å². The molecule has 1 saturated carbocycles. The molecule has 1 aromatic heterocycles. The van der Waals surface area contributed by atoms with E-state index >= 15 is 0 Å². The Kier molecular flexibility index (Phi) is 3.76. The molecule has 1 N–H and O–H groups in total. The summed E-state index contributed by atoms with van der Waals surface area (Å²) in [7, 11) is -3.32. The fraction of sp³-hybridized carbons (Fsp3) is 0.571. The van der Waals surface area contributed by atoms with Crippen LogP contribution in [0.5, 0.6) is 0 Å². The van der Waals surface area contributed by atoms with Crippen LogP contribution in [0.25, 0.3) is 0 Å².